The molecule has 2 heterocycles. The molecule has 0 saturated heterocycles. The maximum atomic E-state index is 12.2. The van der Waals surface area contributed by atoms with Gasteiger partial charge in [0.2, 0.25) is 5.82 Å². The fourth-order valence-electron chi connectivity index (χ4n) is 1.91. The summed E-state index contributed by atoms with van der Waals surface area (Å²) in [4.78, 5) is 16.3. The Morgan fingerprint density at radius 2 is 2.05 bits per heavy atom. The lowest BCUT2D eigenvalue weighted by molar-refractivity contribution is 0.101. The second-order valence-electron chi connectivity index (χ2n) is 4.32. The maximum absolute atomic E-state index is 12.2. The van der Waals surface area contributed by atoms with Crippen molar-refractivity contribution in [3.63, 3.8) is 0 Å². The van der Waals surface area contributed by atoms with Crippen LogP contribution in [-0.4, -0.2) is 35.9 Å². The molecule has 0 fully saturated rings. The van der Waals surface area contributed by atoms with E-state index in [4.69, 9.17) is 0 Å². The zero-order chi connectivity index (χ0) is 14.7. The average Bonchev–Trinajstić information content (AvgIpc) is 3.18. The lowest BCUT2D eigenvalue weighted by Crippen LogP contribution is -2.15. The van der Waals surface area contributed by atoms with Gasteiger partial charge in [0.1, 0.15) is 12.7 Å². The lowest BCUT2D eigenvalue weighted by Gasteiger charge is -2.07. The number of anilines is 1. The molecule has 8 heteroatoms. The van der Waals surface area contributed by atoms with E-state index >= 15 is 0 Å². The summed E-state index contributed by atoms with van der Waals surface area (Å²) in [6, 6.07) is 7.64. The molecule has 0 aliphatic heterocycles. The minimum atomic E-state index is -0.345. The molecule has 2 aromatic heterocycles. The van der Waals surface area contributed by atoms with E-state index < -0.39 is 0 Å². The van der Waals surface area contributed by atoms with Gasteiger partial charge in [-0.15, -0.1) is 15.3 Å². The van der Waals surface area contributed by atoms with E-state index in [1.807, 2.05) is 31.2 Å². The highest BCUT2D eigenvalue weighted by Crippen LogP contribution is 2.16. The van der Waals surface area contributed by atoms with Gasteiger partial charge in [-0.05, 0) is 18.1 Å². The number of aromatic amines is 1. The highest BCUT2D eigenvalue weighted by atomic mass is 16.2. The average molecular weight is 283 g/mol. The fraction of sp³-hybridized carbons (Fsp3) is 0.154. The van der Waals surface area contributed by atoms with Gasteiger partial charge in [0.15, 0.2) is 0 Å². The molecule has 0 spiro atoms. The number of rotatable bonds is 4. The molecule has 0 bridgehead atoms. The van der Waals surface area contributed by atoms with E-state index in [0.717, 1.165) is 17.7 Å². The molecule has 1 amide bonds. The minimum Gasteiger partial charge on any atom is -0.319 e. The number of hydrogen-bond acceptors (Lipinski definition) is 5. The number of carbonyl (C=O) groups excluding carboxylic acids is 1. The summed E-state index contributed by atoms with van der Waals surface area (Å²) in [5, 5.41) is 16.7. The second kappa shape index (κ2) is 5.53. The van der Waals surface area contributed by atoms with Gasteiger partial charge in [0.25, 0.3) is 11.9 Å². The molecule has 0 saturated carbocycles. The lowest BCUT2D eigenvalue weighted by atomic mass is 10.1. The Bertz CT molecular complexity index is 747. The number of nitrogens with zero attached hydrogens (tertiary/aromatic N) is 5. The van der Waals surface area contributed by atoms with Crippen molar-refractivity contribution in [3.05, 3.63) is 48.3 Å². The van der Waals surface area contributed by atoms with Crippen molar-refractivity contribution < 1.29 is 4.79 Å². The van der Waals surface area contributed by atoms with Gasteiger partial charge in [-0.3, -0.25) is 14.5 Å². The first kappa shape index (κ1) is 13.0. The van der Waals surface area contributed by atoms with Gasteiger partial charge in [-0.2, -0.15) is 4.98 Å². The summed E-state index contributed by atoms with van der Waals surface area (Å²) < 4.78 is 1.51. The monoisotopic (exact) mass is 283 g/mol. The topological polar surface area (TPSA) is 101 Å². The molecule has 8 nitrogen and oxygen atoms in total. The molecular weight excluding hydrogens is 270 g/mol. The van der Waals surface area contributed by atoms with Crippen LogP contribution in [0.25, 0.3) is 5.95 Å². The van der Waals surface area contributed by atoms with E-state index in [2.05, 4.69) is 30.7 Å². The summed E-state index contributed by atoms with van der Waals surface area (Å²) in [6.07, 6.45) is 3.74. The Morgan fingerprint density at radius 3 is 2.81 bits per heavy atom. The Hall–Kier alpha value is -3.03. The summed E-state index contributed by atoms with van der Waals surface area (Å²) >= 11 is 0. The third-order valence-electron chi connectivity index (χ3n) is 2.98. The Labute approximate surface area is 120 Å². The molecule has 0 atom stereocenters. The summed E-state index contributed by atoms with van der Waals surface area (Å²) in [5.74, 6) is 0.0984. The smallest absolute Gasteiger partial charge is 0.293 e. The van der Waals surface area contributed by atoms with Crippen LogP contribution in [0.1, 0.15) is 23.1 Å². The van der Waals surface area contributed by atoms with E-state index in [-0.39, 0.29) is 11.7 Å². The number of amides is 1. The third-order valence-corrected chi connectivity index (χ3v) is 2.98. The summed E-state index contributed by atoms with van der Waals surface area (Å²) in [6.45, 7) is 2.03. The number of aryl methyl sites for hydroxylation is 1. The molecule has 0 aliphatic carbocycles. The number of carbonyl (C=O) groups is 1. The quantitative estimate of drug-likeness (QED) is 0.749. The molecule has 2 N–H and O–H groups in total. The molecule has 106 valence electrons. The van der Waals surface area contributed by atoms with Crippen LogP contribution >= 0.6 is 0 Å². The Morgan fingerprint density at radius 1 is 1.29 bits per heavy atom. The molecule has 0 radical (unpaired) electrons. The Balaban J connectivity index is 1.80. The molecular formula is C13H13N7O. The van der Waals surface area contributed by atoms with Crippen LogP contribution < -0.4 is 5.32 Å². The van der Waals surface area contributed by atoms with Crippen LogP contribution in [0.15, 0.2) is 36.9 Å². The minimum absolute atomic E-state index is 0.129. The predicted octanol–water partition coefficient (Wildman–Crippen LogP) is 1.20. The van der Waals surface area contributed by atoms with Crippen LogP contribution in [0.2, 0.25) is 0 Å². The van der Waals surface area contributed by atoms with Crippen molar-refractivity contribution in [2.24, 2.45) is 0 Å². The summed E-state index contributed by atoms with van der Waals surface area (Å²) in [5.41, 5.74) is 1.83. The fourth-order valence-corrected chi connectivity index (χ4v) is 1.91. The standard InChI is InChI=1S/C13H13N7O/c1-2-9-5-3-4-6-10(9)16-12(21)11-17-13(19-18-11)20-7-14-15-8-20/h3-8H,2H2,1H3,(H,16,21)(H,17,18,19). The molecule has 21 heavy (non-hydrogen) atoms. The van der Waals surface area contributed by atoms with Gasteiger partial charge in [0, 0.05) is 5.69 Å². The van der Waals surface area contributed by atoms with E-state index in [0.29, 0.717) is 5.95 Å². The predicted molar refractivity (Wildman–Crippen MR) is 75.1 cm³/mol. The van der Waals surface area contributed by atoms with E-state index in [9.17, 15) is 4.79 Å². The number of aromatic nitrogens is 6. The van der Waals surface area contributed by atoms with Gasteiger partial charge in [-0.1, -0.05) is 25.1 Å². The van der Waals surface area contributed by atoms with Gasteiger partial charge in [0.05, 0.1) is 0 Å². The Kier molecular flexibility index (Phi) is 3.42. The van der Waals surface area contributed by atoms with Crippen LogP contribution in [-0.2, 0) is 6.42 Å². The van der Waals surface area contributed by atoms with E-state index in [1.165, 1.54) is 17.2 Å². The normalized spacial score (nSPS) is 10.5. The number of benzene rings is 1. The van der Waals surface area contributed by atoms with Crippen molar-refractivity contribution in [3.8, 4) is 5.95 Å². The largest absolute Gasteiger partial charge is 0.319 e. The van der Waals surface area contributed by atoms with Gasteiger partial charge >= 0.3 is 0 Å². The molecule has 0 unspecified atom stereocenters. The van der Waals surface area contributed by atoms with Gasteiger partial charge < -0.3 is 5.32 Å². The number of nitrogens with one attached hydrogen (secondary N) is 2. The molecule has 3 aromatic rings. The summed E-state index contributed by atoms with van der Waals surface area (Å²) in [7, 11) is 0. The van der Waals surface area contributed by atoms with Crippen molar-refractivity contribution in [2.75, 3.05) is 5.32 Å². The van der Waals surface area contributed by atoms with Gasteiger partial charge in [-0.25, -0.2) is 0 Å². The van der Waals surface area contributed by atoms with Crippen LogP contribution in [0.4, 0.5) is 5.69 Å². The molecule has 3 rings (SSSR count). The highest BCUT2D eigenvalue weighted by Gasteiger charge is 2.14. The number of H-pyrrole nitrogens is 1. The number of para-hydroxylation sites is 1. The molecule has 1 aromatic carbocycles. The first-order chi connectivity index (χ1) is 10.3. The van der Waals surface area contributed by atoms with E-state index in [1.54, 1.807) is 0 Å². The second-order valence-corrected chi connectivity index (χ2v) is 4.32. The van der Waals surface area contributed by atoms with Crippen LogP contribution in [0.5, 0.6) is 0 Å². The van der Waals surface area contributed by atoms with Crippen molar-refractivity contribution in [2.45, 2.75) is 13.3 Å². The molecule has 0 aliphatic rings. The van der Waals surface area contributed by atoms with Crippen molar-refractivity contribution >= 4 is 11.6 Å². The highest BCUT2D eigenvalue weighted by molar-refractivity contribution is 6.02. The van der Waals surface area contributed by atoms with Crippen LogP contribution in [0.3, 0.4) is 0 Å². The first-order valence-electron chi connectivity index (χ1n) is 6.44. The maximum Gasteiger partial charge on any atom is 0.293 e. The zero-order valence-corrected chi connectivity index (χ0v) is 11.3. The zero-order valence-electron chi connectivity index (χ0n) is 11.3. The van der Waals surface area contributed by atoms with Crippen molar-refractivity contribution in [1.82, 2.24) is 29.9 Å². The van der Waals surface area contributed by atoms with Crippen LogP contribution in [0, 0.1) is 0 Å². The SMILES string of the molecule is CCc1ccccc1NC(=O)c1nc(-n2cnnc2)n[nH]1. The first-order valence-corrected chi connectivity index (χ1v) is 6.44. The van der Waals surface area contributed by atoms with Crippen molar-refractivity contribution in [1.29, 1.82) is 0 Å². The third kappa shape index (κ3) is 2.64. The number of hydrogen-bond donors (Lipinski definition) is 2.